The Morgan fingerprint density at radius 1 is 1.00 bits per heavy atom. The van der Waals surface area contributed by atoms with Crippen LogP contribution in [0.5, 0.6) is 11.5 Å². The molecular formula is C28H29ClN4O4. The monoisotopic (exact) mass is 520 g/mol. The second kappa shape index (κ2) is 10.3. The van der Waals surface area contributed by atoms with Gasteiger partial charge in [-0.2, -0.15) is 0 Å². The number of hydrogen-bond donors (Lipinski definition) is 0. The number of anilines is 1. The van der Waals surface area contributed by atoms with E-state index in [-0.39, 0.29) is 11.8 Å². The molecule has 0 aliphatic carbocycles. The van der Waals surface area contributed by atoms with E-state index < -0.39 is 12.0 Å². The molecule has 1 saturated heterocycles. The number of benzene rings is 2. The summed E-state index contributed by atoms with van der Waals surface area (Å²) in [6.45, 7) is 2.48. The minimum Gasteiger partial charge on any atom is -0.493 e. The Hall–Kier alpha value is -3.78. The summed E-state index contributed by atoms with van der Waals surface area (Å²) in [6.07, 6.45) is 3.40. The number of nitrogens with zero attached hydrogens (tertiary/aromatic N) is 4. The maximum atomic E-state index is 14.3. The fourth-order valence-electron chi connectivity index (χ4n) is 5.34. The Balaban J connectivity index is 1.52. The van der Waals surface area contributed by atoms with Crippen LogP contribution in [0.2, 0.25) is 5.02 Å². The van der Waals surface area contributed by atoms with Gasteiger partial charge < -0.3 is 24.2 Å². The predicted molar refractivity (Wildman–Crippen MR) is 142 cm³/mol. The van der Waals surface area contributed by atoms with Gasteiger partial charge >= 0.3 is 0 Å². The molecular weight excluding hydrogens is 492 g/mol. The highest BCUT2D eigenvalue weighted by molar-refractivity contribution is 6.30. The molecule has 0 saturated carbocycles. The van der Waals surface area contributed by atoms with Gasteiger partial charge in [0.25, 0.3) is 5.91 Å². The van der Waals surface area contributed by atoms with Gasteiger partial charge in [-0.1, -0.05) is 23.7 Å². The molecule has 192 valence electrons. The van der Waals surface area contributed by atoms with Crippen molar-refractivity contribution >= 4 is 29.1 Å². The summed E-state index contributed by atoms with van der Waals surface area (Å²) in [6, 6.07) is 14.4. The smallest absolute Gasteiger partial charge is 0.254 e. The first kappa shape index (κ1) is 24.9. The lowest BCUT2D eigenvalue weighted by atomic mass is 9.79. The SMILES string of the molecule is COc1cc2c(cc1OC)[C@@H](C(=O)N1CCN(c3cccc(Cl)c3)CC1)[C@H](c1cccnc1)N(C)C2=O. The van der Waals surface area contributed by atoms with E-state index in [2.05, 4.69) is 9.88 Å². The van der Waals surface area contributed by atoms with Gasteiger partial charge in [-0.15, -0.1) is 0 Å². The van der Waals surface area contributed by atoms with Crippen molar-refractivity contribution in [2.45, 2.75) is 12.0 Å². The number of ether oxygens (including phenoxy) is 2. The van der Waals surface area contributed by atoms with Crippen LogP contribution in [0, 0.1) is 0 Å². The zero-order valence-electron chi connectivity index (χ0n) is 21.1. The van der Waals surface area contributed by atoms with Gasteiger partial charge in [0.1, 0.15) is 0 Å². The minimum atomic E-state index is -0.626. The maximum absolute atomic E-state index is 14.3. The molecule has 1 fully saturated rings. The van der Waals surface area contributed by atoms with E-state index in [0.717, 1.165) is 11.3 Å². The van der Waals surface area contributed by atoms with E-state index >= 15 is 0 Å². The van der Waals surface area contributed by atoms with Crippen LogP contribution >= 0.6 is 11.6 Å². The third-order valence-corrected chi connectivity index (χ3v) is 7.47. The molecule has 8 nitrogen and oxygen atoms in total. The maximum Gasteiger partial charge on any atom is 0.254 e. The summed E-state index contributed by atoms with van der Waals surface area (Å²) in [5, 5.41) is 0.686. The highest BCUT2D eigenvalue weighted by Gasteiger charge is 2.45. The van der Waals surface area contributed by atoms with Crippen LogP contribution in [0.3, 0.4) is 0 Å². The molecule has 2 atom stereocenters. The lowest BCUT2D eigenvalue weighted by Gasteiger charge is -2.43. The fraction of sp³-hybridized carbons (Fsp3) is 0.321. The molecule has 0 N–H and O–H groups in total. The van der Waals surface area contributed by atoms with Gasteiger partial charge in [0.15, 0.2) is 11.5 Å². The molecule has 0 bridgehead atoms. The normalized spacial score (nSPS) is 19.5. The minimum absolute atomic E-state index is 0.0348. The average Bonchev–Trinajstić information content (AvgIpc) is 2.94. The largest absolute Gasteiger partial charge is 0.493 e. The lowest BCUT2D eigenvalue weighted by molar-refractivity contribution is -0.134. The summed E-state index contributed by atoms with van der Waals surface area (Å²) >= 11 is 6.19. The first-order valence-electron chi connectivity index (χ1n) is 12.1. The van der Waals surface area contributed by atoms with Crippen molar-refractivity contribution in [1.82, 2.24) is 14.8 Å². The Morgan fingerprint density at radius 3 is 2.38 bits per heavy atom. The fourth-order valence-corrected chi connectivity index (χ4v) is 5.52. The van der Waals surface area contributed by atoms with Crippen molar-refractivity contribution in [3.05, 3.63) is 82.6 Å². The molecule has 9 heteroatoms. The Bertz CT molecular complexity index is 1310. The van der Waals surface area contributed by atoms with Crippen LogP contribution in [0.1, 0.15) is 33.4 Å². The van der Waals surface area contributed by atoms with Crippen molar-refractivity contribution in [3.63, 3.8) is 0 Å². The molecule has 0 radical (unpaired) electrons. The van der Waals surface area contributed by atoms with Gasteiger partial charge in [-0.05, 0) is 47.5 Å². The molecule has 1 aromatic heterocycles. The van der Waals surface area contributed by atoms with Crippen LogP contribution in [-0.4, -0.2) is 74.0 Å². The average molecular weight is 521 g/mol. The van der Waals surface area contributed by atoms with Crippen molar-refractivity contribution in [2.75, 3.05) is 52.3 Å². The molecule has 2 aromatic carbocycles. The van der Waals surface area contributed by atoms with Crippen LogP contribution in [-0.2, 0) is 4.79 Å². The van der Waals surface area contributed by atoms with Crippen molar-refractivity contribution in [2.24, 2.45) is 0 Å². The number of rotatable bonds is 5. The van der Waals surface area contributed by atoms with Crippen LogP contribution in [0.25, 0.3) is 0 Å². The van der Waals surface area contributed by atoms with Crippen LogP contribution in [0.4, 0.5) is 5.69 Å². The number of likely N-dealkylation sites (N-methyl/N-ethyl adjacent to an activating group) is 1. The topological polar surface area (TPSA) is 75.2 Å². The summed E-state index contributed by atoms with van der Waals surface area (Å²) in [4.78, 5) is 37.8. The van der Waals surface area contributed by atoms with E-state index in [1.165, 1.54) is 7.11 Å². The Labute approximate surface area is 221 Å². The predicted octanol–water partition coefficient (Wildman–Crippen LogP) is 4.01. The molecule has 37 heavy (non-hydrogen) atoms. The Morgan fingerprint density at radius 2 is 1.73 bits per heavy atom. The number of pyridine rings is 1. The standard InChI is InChI=1S/C28H29ClN4O4/c1-31-26(18-6-5-9-30-17-18)25(21-15-23(36-2)24(37-3)16-22(21)27(31)34)28(35)33-12-10-32(11-13-33)20-8-4-7-19(29)14-20/h4-9,14-17,25-26H,10-13H2,1-3H3/t25-,26+/m1/s1. The van der Waals surface area contributed by atoms with Gasteiger partial charge in [-0.3, -0.25) is 14.6 Å². The summed E-state index contributed by atoms with van der Waals surface area (Å²) in [5.74, 6) is 0.0859. The van der Waals surface area contributed by atoms with Gasteiger partial charge in [0.05, 0.1) is 26.2 Å². The molecule has 3 aromatic rings. The van der Waals surface area contributed by atoms with E-state index in [0.29, 0.717) is 53.8 Å². The number of amides is 2. The number of methoxy groups -OCH3 is 2. The molecule has 2 amide bonds. The number of fused-ring (bicyclic) bond motifs is 1. The van der Waals surface area contributed by atoms with E-state index in [4.69, 9.17) is 21.1 Å². The first-order chi connectivity index (χ1) is 17.9. The molecule has 2 aliphatic heterocycles. The number of carbonyl (C=O) groups excluding carboxylic acids is 2. The zero-order valence-corrected chi connectivity index (χ0v) is 21.8. The van der Waals surface area contributed by atoms with Crippen molar-refractivity contribution in [3.8, 4) is 11.5 Å². The molecule has 2 aliphatic rings. The molecule has 0 spiro atoms. The number of aromatic nitrogens is 1. The summed E-state index contributed by atoms with van der Waals surface area (Å²) in [5.41, 5.74) is 2.92. The van der Waals surface area contributed by atoms with E-state index in [9.17, 15) is 9.59 Å². The first-order valence-corrected chi connectivity index (χ1v) is 12.5. The number of halogens is 1. The highest BCUT2D eigenvalue weighted by Crippen LogP contribution is 2.46. The third-order valence-electron chi connectivity index (χ3n) is 7.23. The highest BCUT2D eigenvalue weighted by atomic mass is 35.5. The second-order valence-electron chi connectivity index (χ2n) is 9.21. The second-order valence-corrected chi connectivity index (χ2v) is 9.65. The van der Waals surface area contributed by atoms with E-state index in [1.54, 1.807) is 43.6 Å². The molecule has 5 rings (SSSR count). The number of carbonyl (C=O) groups is 2. The van der Waals surface area contributed by atoms with Gasteiger partial charge in [0, 0.05) is 61.9 Å². The van der Waals surface area contributed by atoms with Gasteiger partial charge in [-0.25, -0.2) is 0 Å². The van der Waals surface area contributed by atoms with Crippen molar-refractivity contribution in [1.29, 1.82) is 0 Å². The number of piperazine rings is 1. The van der Waals surface area contributed by atoms with Crippen LogP contribution < -0.4 is 14.4 Å². The van der Waals surface area contributed by atoms with E-state index in [1.807, 2.05) is 41.3 Å². The lowest BCUT2D eigenvalue weighted by Crippen LogP contribution is -2.53. The van der Waals surface area contributed by atoms with Crippen LogP contribution in [0.15, 0.2) is 60.9 Å². The summed E-state index contributed by atoms with van der Waals surface area (Å²) < 4.78 is 11.0. The zero-order chi connectivity index (χ0) is 26.1. The van der Waals surface area contributed by atoms with Crippen molar-refractivity contribution < 1.29 is 19.1 Å². The molecule has 0 unspecified atom stereocenters. The Kier molecular flexibility index (Phi) is 6.93. The summed E-state index contributed by atoms with van der Waals surface area (Å²) in [7, 11) is 4.81. The van der Waals surface area contributed by atoms with Gasteiger partial charge in [0.2, 0.25) is 5.91 Å². The quantitative estimate of drug-likeness (QED) is 0.506. The molecule has 3 heterocycles. The number of hydrogen-bond acceptors (Lipinski definition) is 6. The third kappa shape index (κ3) is 4.57.